The van der Waals surface area contributed by atoms with E-state index in [1.807, 2.05) is 0 Å². The predicted molar refractivity (Wildman–Crippen MR) is 35.6 cm³/mol. The van der Waals surface area contributed by atoms with Crippen LogP contribution in [0.1, 0.15) is 6.92 Å². The average Bonchev–Trinajstić information content (AvgIpc) is 1.59. The van der Waals surface area contributed by atoms with Crippen LogP contribution in [0.15, 0.2) is 0 Å². The van der Waals surface area contributed by atoms with Crippen LogP contribution in [0.2, 0.25) is 0 Å². The van der Waals surface area contributed by atoms with Gasteiger partial charge in [0.05, 0.1) is 0 Å². The second-order valence-electron chi connectivity index (χ2n) is 1.40. The highest BCUT2D eigenvalue weighted by molar-refractivity contribution is 14.1. The van der Waals surface area contributed by atoms with Gasteiger partial charge in [0.1, 0.15) is 0 Å². The van der Waals surface area contributed by atoms with Gasteiger partial charge in [-0.25, -0.2) is 0 Å². The summed E-state index contributed by atoms with van der Waals surface area (Å²) < 4.78 is 24.7. The predicted octanol–water partition coefficient (Wildman–Crippen LogP) is 1.58. The Morgan fingerprint density at radius 1 is 1.78 bits per heavy atom. The molecule has 54 valence electrons. The zero-order valence-corrected chi connectivity index (χ0v) is 6.81. The summed E-state index contributed by atoms with van der Waals surface area (Å²) >= 11 is 0.899. The Labute approximate surface area is 64.7 Å². The molecule has 0 aromatic heterocycles. The molecule has 0 spiro atoms. The molecule has 0 N–H and O–H groups in total. The minimum Gasteiger partial charge on any atom is -0.459 e. The number of hydrogen-bond acceptors (Lipinski definition) is 2. The maximum absolute atomic E-state index is 11.8. The van der Waals surface area contributed by atoms with Crippen molar-refractivity contribution in [1.82, 2.24) is 0 Å². The van der Waals surface area contributed by atoms with Crippen molar-refractivity contribution in [1.29, 1.82) is 0 Å². The first-order valence-electron chi connectivity index (χ1n) is 2.12. The van der Waals surface area contributed by atoms with Crippen LogP contribution in [0.3, 0.4) is 0 Å². The van der Waals surface area contributed by atoms with Gasteiger partial charge < -0.3 is 4.74 Å². The zero-order chi connectivity index (χ0) is 7.49. The van der Waals surface area contributed by atoms with E-state index in [1.165, 1.54) is 0 Å². The largest absolute Gasteiger partial charge is 0.459 e. The molecule has 0 aromatic carbocycles. The van der Waals surface area contributed by atoms with E-state index in [0.717, 1.165) is 29.5 Å². The van der Waals surface area contributed by atoms with Crippen molar-refractivity contribution >= 4 is 28.6 Å². The maximum atomic E-state index is 11.8. The Kier molecular flexibility index (Phi) is 3.31. The number of halogens is 3. The first-order valence-corrected chi connectivity index (χ1v) is 3.20. The summed E-state index contributed by atoms with van der Waals surface area (Å²) in [5.74, 6) is -0.689. The minimum atomic E-state index is -2.94. The number of hydrogen-bond donors (Lipinski definition) is 0. The number of carbonyl (C=O) groups is 1. The summed E-state index contributed by atoms with van der Waals surface area (Å²) in [6.07, 6.45) is 0. The Balaban J connectivity index is 3.39. The van der Waals surface area contributed by atoms with E-state index in [0.29, 0.717) is 0 Å². The highest BCUT2D eigenvalue weighted by Crippen LogP contribution is 2.21. The van der Waals surface area contributed by atoms with Gasteiger partial charge in [-0.3, -0.25) is 4.79 Å². The van der Waals surface area contributed by atoms with Crippen LogP contribution in [0.25, 0.3) is 0 Å². The first kappa shape index (κ1) is 9.06. The number of rotatable bonds is 2. The molecule has 0 rings (SSSR count). The van der Waals surface area contributed by atoms with Crippen LogP contribution in [-0.2, 0) is 9.53 Å². The lowest BCUT2D eigenvalue weighted by atomic mass is 10.7. The van der Waals surface area contributed by atoms with Gasteiger partial charge in [0, 0.05) is 29.5 Å². The molecule has 0 unspecified atom stereocenters. The quantitative estimate of drug-likeness (QED) is 0.422. The van der Waals surface area contributed by atoms with E-state index >= 15 is 0 Å². The summed E-state index contributed by atoms with van der Waals surface area (Å²) in [6, 6.07) is 0. The van der Waals surface area contributed by atoms with Gasteiger partial charge in [-0.1, -0.05) is 0 Å². The SMILES string of the molecule is CC(=O)OCC(F)(F)I. The van der Waals surface area contributed by atoms with Crippen molar-refractivity contribution in [3.63, 3.8) is 0 Å². The Morgan fingerprint density at radius 3 is 2.33 bits per heavy atom. The molecule has 0 radical (unpaired) electrons. The molecule has 5 heteroatoms. The molecule has 0 saturated heterocycles. The van der Waals surface area contributed by atoms with E-state index in [4.69, 9.17) is 0 Å². The summed E-state index contributed by atoms with van der Waals surface area (Å²) in [6.45, 7) is 0.241. The Hall–Kier alpha value is 0.0600. The molecule has 0 amide bonds. The molecule has 0 aliphatic heterocycles. The van der Waals surface area contributed by atoms with Gasteiger partial charge in [0.25, 0.3) is 0 Å². The van der Waals surface area contributed by atoms with Gasteiger partial charge in [0.2, 0.25) is 0 Å². The standard InChI is InChI=1S/C4H5F2IO2/c1-3(8)9-2-4(5,6)7/h2H2,1H3. The van der Waals surface area contributed by atoms with Crippen LogP contribution in [0.4, 0.5) is 8.78 Å². The number of alkyl halides is 3. The van der Waals surface area contributed by atoms with Crippen LogP contribution in [-0.4, -0.2) is 16.5 Å². The van der Waals surface area contributed by atoms with Gasteiger partial charge in [0.15, 0.2) is 6.61 Å². The summed E-state index contributed by atoms with van der Waals surface area (Å²) in [4.78, 5) is 9.93. The van der Waals surface area contributed by atoms with Crippen molar-refractivity contribution in [3.8, 4) is 0 Å². The molecule has 0 saturated carbocycles. The fourth-order valence-electron chi connectivity index (χ4n) is 0.183. The monoisotopic (exact) mass is 250 g/mol. The van der Waals surface area contributed by atoms with Gasteiger partial charge in [-0.05, 0) is 0 Å². The molecule has 0 aliphatic rings. The van der Waals surface area contributed by atoms with Crippen LogP contribution in [0.5, 0.6) is 0 Å². The summed E-state index contributed by atoms with van der Waals surface area (Å²) in [5.41, 5.74) is 0. The van der Waals surface area contributed by atoms with Crippen LogP contribution < -0.4 is 0 Å². The van der Waals surface area contributed by atoms with Crippen LogP contribution in [0, 0.1) is 0 Å². The highest BCUT2D eigenvalue weighted by atomic mass is 127. The van der Waals surface area contributed by atoms with Gasteiger partial charge in [-0.2, -0.15) is 8.78 Å². The molecular formula is C4H5F2IO2. The lowest BCUT2D eigenvalue weighted by molar-refractivity contribution is -0.145. The van der Waals surface area contributed by atoms with E-state index in [-0.39, 0.29) is 0 Å². The number of esters is 1. The smallest absolute Gasteiger partial charge is 0.329 e. The molecule has 2 nitrogen and oxygen atoms in total. The number of carbonyl (C=O) groups excluding carboxylic acids is 1. The second-order valence-corrected chi connectivity index (χ2v) is 2.97. The van der Waals surface area contributed by atoms with Gasteiger partial charge in [-0.15, -0.1) is 0 Å². The third kappa shape index (κ3) is 8.06. The normalized spacial score (nSPS) is 11.1. The Bertz CT molecular complexity index is 110. The third-order valence-corrected chi connectivity index (χ3v) is 0.751. The molecule has 0 aliphatic carbocycles. The van der Waals surface area contributed by atoms with Crippen molar-refractivity contribution in [2.75, 3.05) is 6.61 Å². The third-order valence-electron chi connectivity index (χ3n) is 0.439. The highest BCUT2D eigenvalue weighted by Gasteiger charge is 2.24. The second kappa shape index (κ2) is 3.28. The van der Waals surface area contributed by atoms with E-state index in [9.17, 15) is 13.6 Å². The molecule has 0 aromatic rings. The van der Waals surface area contributed by atoms with E-state index < -0.39 is 16.5 Å². The molecule has 9 heavy (non-hydrogen) atoms. The molecule has 0 fully saturated rings. The average molecular weight is 250 g/mol. The lowest BCUT2D eigenvalue weighted by Gasteiger charge is -2.06. The van der Waals surface area contributed by atoms with Gasteiger partial charge >= 0.3 is 9.90 Å². The van der Waals surface area contributed by atoms with E-state index in [1.54, 1.807) is 0 Å². The molecule has 0 heterocycles. The topological polar surface area (TPSA) is 26.3 Å². The fraction of sp³-hybridized carbons (Fsp3) is 0.750. The molecular weight excluding hydrogens is 245 g/mol. The van der Waals surface area contributed by atoms with Crippen molar-refractivity contribution < 1.29 is 18.3 Å². The summed E-state index contributed by atoms with van der Waals surface area (Å²) in [7, 11) is 0. The number of ether oxygens (including phenoxy) is 1. The van der Waals surface area contributed by atoms with E-state index in [2.05, 4.69) is 4.74 Å². The van der Waals surface area contributed by atoms with Crippen molar-refractivity contribution in [2.45, 2.75) is 10.9 Å². The van der Waals surface area contributed by atoms with Crippen molar-refractivity contribution in [3.05, 3.63) is 0 Å². The van der Waals surface area contributed by atoms with Crippen molar-refractivity contribution in [2.24, 2.45) is 0 Å². The first-order chi connectivity index (χ1) is 3.92. The Morgan fingerprint density at radius 2 is 2.22 bits per heavy atom. The molecule has 0 bridgehead atoms. The summed E-state index contributed by atoms with van der Waals surface area (Å²) in [5, 5.41) is 0. The zero-order valence-electron chi connectivity index (χ0n) is 4.66. The minimum absolute atomic E-state index is 0.689. The molecule has 0 atom stereocenters. The van der Waals surface area contributed by atoms with Crippen LogP contribution >= 0.6 is 22.6 Å². The lowest BCUT2D eigenvalue weighted by Crippen LogP contribution is -2.16. The maximum Gasteiger partial charge on any atom is 0.329 e. The fourth-order valence-corrected chi connectivity index (χ4v) is 0.339.